The Morgan fingerprint density at radius 2 is 1.28 bits per heavy atom. The number of nitrogens with zero attached hydrogens (tertiary/aromatic N) is 2. The van der Waals surface area contributed by atoms with Crippen LogP contribution in [0.4, 0.5) is 17.1 Å². The number of hydrogen-bond acceptors (Lipinski definition) is 2. The van der Waals surface area contributed by atoms with Gasteiger partial charge >= 0.3 is 0 Å². The molecule has 1 saturated carbocycles. The molecule has 4 aliphatic rings. The largest absolute Gasteiger partial charge is 0.348 e. The minimum atomic E-state index is 0.335. The fraction of sp³-hybridized carbons (Fsp3) is 0.186. The summed E-state index contributed by atoms with van der Waals surface area (Å²) >= 11 is 0. The third-order valence-corrected chi connectivity index (χ3v) is 13.3. The Kier molecular flexibility index (Phi) is 10.8. The maximum Gasteiger partial charge on any atom is 0.0462 e. The van der Waals surface area contributed by atoms with E-state index in [0.717, 1.165) is 49.5 Å². The summed E-state index contributed by atoms with van der Waals surface area (Å²) in [6.07, 6.45) is 25.0. The van der Waals surface area contributed by atoms with E-state index in [9.17, 15) is 0 Å². The van der Waals surface area contributed by atoms with Crippen molar-refractivity contribution in [1.29, 1.82) is 0 Å². The molecule has 0 spiro atoms. The molecule has 0 amide bonds. The maximum absolute atomic E-state index is 4.00. The zero-order valence-corrected chi connectivity index (χ0v) is 35.3. The van der Waals surface area contributed by atoms with Crippen molar-refractivity contribution in [1.82, 2.24) is 0 Å². The second-order valence-electron chi connectivity index (χ2n) is 17.2. The van der Waals surface area contributed by atoms with Crippen LogP contribution in [0.2, 0.25) is 0 Å². The van der Waals surface area contributed by atoms with Gasteiger partial charge in [0.25, 0.3) is 0 Å². The average Bonchev–Trinajstić information content (AvgIpc) is 4.10. The zero-order valence-electron chi connectivity index (χ0n) is 35.3. The Morgan fingerprint density at radius 1 is 0.639 bits per heavy atom. The van der Waals surface area contributed by atoms with E-state index in [4.69, 9.17) is 0 Å². The fourth-order valence-corrected chi connectivity index (χ4v) is 9.88. The first-order chi connectivity index (χ1) is 30.1. The van der Waals surface area contributed by atoms with Crippen LogP contribution in [-0.4, -0.2) is 6.54 Å². The van der Waals surface area contributed by atoms with Crippen LogP contribution in [0.1, 0.15) is 61.6 Å². The van der Waals surface area contributed by atoms with Crippen molar-refractivity contribution in [2.45, 2.75) is 51.4 Å². The Morgan fingerprint density at radius 3 is 1.97 bits per heavy atom. The van der Waals surface area contributed by atoms with Crippen molar-refractivity contribution in [2.24, 2.45) is 11.8 Å². The van der Waals surface area contributed by atoms with Gasteiger partial charge in [0, 0.05) is 41.4 Å². The van der Waals surface area contributed by atoms with E-state index >= 15 is 0 Å². The molecule has 300 valence electrons. The topological polar surface area (TPSA) is 6.48 Å². The molecule has 6 aromatic carbocycles. The van der Waals surface area contributed by atoms with Gasteiger partial charge in [-0.15, -0.1) is 0 Å². The van der Waals surface area contributed by atoms with Crippen LogP contribution in [0.25, 0.3) is 33.4 Å². The third-order valence-electron chi connectivity index (χ3n) is 13.3. The molecular formula is C59H54N2. The molecule has 2 atom stereocenters. The van der Waals surface area contributed by atoms with E-state index in [1.165, 1.54) is 74.3 Å². The highest BCUT2D eigenvalue weighted by molar-refractivity contribution is 5.79. The van der Waals surface area contributed by atoms with Crippen LogP contribution in [-0.2, 0) is 6.42 Å². The zero-order chi connectivity index (χ0) is 41.1. The molecule has 2 heteroatoms. The molecule has 0 aromatic heterocycles. The van der Waals surface area contributed by atoms with Crippen LogP contribution < -0.4 is 9.80 Å². The van der Waals surface area contributed by atoms with Gasteiger partial charge in [0.15, 0.2) is 0 Å². The van der Waals surface area contributed by atoms with Crippen molar-refractivity contribution >= 4 is 17.1 Å². The lowest BCUT2D eigenvalue weighted by atomic mass is 9.84. The molecule has 2 unspecified atom stereocenters. The summed E-state index contributed by atoms with van der Waals surface area (Å²) in [4.78, 5) is 4.83. The standard InChI is InChI=1S/C59H54N2/c1-3-4-39-60(40-38-54-42(2)12-10-17-55(54)47-24-25-47)50-34-36-53(37-35-50)61(51-30-26-46(27-31-51)45-22-20-44(21-23-45)43-13-6-5-7-14-43)52-32-28-48(29-33-52)56-18-11-19-58-57-16-9-8-15-49(57)41-59(56)58/h3-11,13-23,26-28,30-37,39,42,47-48H,1,12,24-25,29,38,40-41H2,2H3/b39-4-. The normalized spacial score (nSPS) is 17.9. The fourth-order valence-electron chi connectivity index (χ4n) is 9.88. The van der Waals surface area contributed by atoms with Crippen LogP contribution >= 0.6 is 0 Å². The second kappa shape index (κ2) is 17.1. The molecule has 4 aliphatic carbocycles. The van der Waals surface area contributed by atoms with Gasteiger partial charge in [0.1, 0.15) is 0 Å². The van der Waals surface area contributed by atoms with E-state index in [1.54, 1.807) is 11.1 Å². The van der Waals surface area contributed by atoms with E-state index in [2.05, 4.69) is 212 Å². The first-order valence-corrected chi connectivity index (χ1v) is 22.3. The van der Waals surface area contributed by atoms with Crippen molar-refractivity contribution < 1.29 is 0 Å². The van der Waals surface area contributed by atoms with Crippen LogP contribution in [0.5, 0.6) is 0 Å². The second-order valence-corrected chi connectivity index (χ2v) is 17.2. The minimum Gasteiger partial charge on any atom is -0.348 e. The minimum absolute atomic E-state index is 0.335. The molecule has 0 aliphatic heterocycles. The lowest BCUT2D eigenvalue weighted by Gasteiger charge is -2.30. The van der Waals surface area contributed by atoms with Gasteiger partial charge in [0.05, 0.1) is 0 Å². The number of hydrogen-bond donors (Lipinski definition) is 0. The van der Waals surface area contributed by atoms with Gasteiger partial charge in [-0.25, -0.2) is 0 Å². The molecule has 10 rings (SSSR count). The van der Waals surface area contributed by atoms with E-state index in [-0.39, 0.29) is 0 Å². The lowest BCUT2D eigenvalue weighted by Crippen LogP contribution is -2.21. The van der Waals surface area contributed by atoms with Crippen molar-refractivity contribution in [3.8, 4) is 33.4 Å². The summed E-state index contributed by atoms with van der Waals surface area (Å²) in [5.41, 5.74) is 20.0. The van der Waals surface area contributed by atoms with Gasteiger partial charge in [-0.3, -0.25) is 0 Å². The predicted molar refractivity (Wildman–Crippen MR) is 259 cm³/mol. The summed E-state index contributed by atoms with van der Waals surface area (Å²) in [5, 5.41) is 0. The molecule has 0 radical (unpaired) electrons. The first-order valence-electron chi connectivity index (χ1n) is 22.3. The maximum atomic E-state index is 4.00. The van der Waals surface area contributed by atoms with Gasteiger partial charge in [-0.05, 0) is 155 Å². The summed E-state index contributed by atoms with van der Waals surface area (Å²) < 4.78 is 0. The number of benzene rings is 6. The van der Waals surface area contributed by atoms with E-state index in [1.807, 2.05) is 6.08 Å². The molecule has 0 heterocycles. The number of allylic oxidation sites excluding steroid dienone is 8. The Labute approximate surface area is 362 Å². The highest BCUT2D eigenvalue weighted by Crippen LogP contribution is 2.45. The Hall–Kier alpha value is -6.64. The van der Waals surface area contributed by atoms with Crippen LogP contribution in [0, 0.1) is 11.8 Å². The quantitative estimate of drug-likeness (QED) is 0.107. The van der Waals surface area contributed by atoms with Crippen molar-refractivity contribution in [2.75, 3.05) is 16.3 Å². The van der Waals surface area contributed by atoms with Gasteiger partial charge in [-0.2, -0.15) is 0 Å². The van der Waals surface area contributed by atoms with Crippen molar-refractivity contribution in [3.05, 3.63) is 234 Å². The van der Waals surface area contributed by atoms with Gasteiger partial charge < -0.3 is 9.80 Å². The van der Waals surface area contributed by atoms with Crippen molar-refractivity contribution in [3.63, 3.8) is 0 Å². The molecule has 2 nitrogen and oxygen atoms in total. The van der Waals surface area contributed by atoms with E-state index < -0.39 is 0 Å². The summed E-state index contributed by atoms with van der Waals surface area (Å²) in [7, 11) is 0. The highest BCUT2D eigenvalue weighted by atomic mass is 15.2. The lowest BCUT2D eigenvalue weighted by molar-refractivity contribution is 0.628. The average molecular weight is 791 g/mol. The van der Waals surface area contributed by atoms with E-state index in [0.29, 0.717) is 11.8 Å². The highest BCUT2D eigenvalue weighted by Gasteiger charge is 2.30. The van der Waals surface area contributed by atoms with Crippen LogP contribution in [0.15, 0.2) is 218 Å². The number of fused-ring (bicyclic) bond motifs is 3. The molecule has 0 N–H and O–H groups in total. The Bertz CT molecular complexity index is 2690. The molecule has 0 bridgehead atoms. The molecular weight excluding hydrogens is 737 g/mol. The molecule has 6 aromatic rings. The third kappa shape index (κ3) is 8.03. The molecule has 0 saturated heterocycles. The predicted octanol–water partition coefficient (Wildman–Crippen LogP) is 15.6. The first kappa shape index (κ1) is 38.6. The summed E-state index contributed by atoms with van der Waals surface area (Å²) in [5.74, 6) is 1.72. The smallest absolute Gasteiger partial charge is 0.0462 e. The Balaban J connectivity index is 0.943. The monoisotopic (exact) mass is 790 g/mol. The van der Waals surface area contributed by atoms with Crippen LogP contribution in [0.3, 0.4) is 0 Å². The van der Waals surface area contributed by atoms with Gasteiger partial charge in [-0.1, -0.05) is 159 Å². The molecule has 61 heavy (non-hydrogen) atoms. The summed E-state index contributed by atoms with van der Waals surface area (Å²) in [6, 6.07) is 53.6. The summed E-state index contributed by atoms with van der Waals surface area (Å²) in [6.45, 7) is 7.34. The number of rotatable bonds is 13. The molecule has 1 fully saturated rings. The SMILES string of the molecule is C=C/C=C\N(CCC1=C(C2CC2)C=CCC1C)c1ccc(N(C2=CCC(c3cccc4c3Cc3ccccc3-4)C=C2)c2ccc(-c3ccc(-c4ccccc4)cc3)cc2)cc1. The number of anilines is 3. The van der Waals surface area contributed by atoms with Gasteiger partial charge in [0.2, 0.25) is 0 Å².